The molecule has 0 atom stereocenters. The third-order valence-corrected chi connectivity index (χ3v) is 3.79. The number of likely N-dealkylation sites (tertiary alicyclic amines) is 1. The topological polar surface area (TPSA) is 45.5 Å². The number of nitrogens with zero attached hydrogens (tertiary/aromatic N) is 2. The Morgan fingerprint density at radius 3 is 2.35 bits per heavy atom. The molecule has 2 aliphatic rings. The predicted octanol–water partition coefficient (Wildman–Crippen LogP) is 1.77. The van der Waals surface area contributed by atoms with E-state index in [1.165, 1.54) is 0 Å². The summed E-state index contributed by atoms with van der Waals surface area (Å²) < 4.78 is 11.4. The van der Waals surface area contributed by atoms with Crippen LogP contribution in [0.5, 0.6) is 0 Å². The molecular weight excluding hydrogens is 216 g/mol. The van der Waals surface area contributed by atoms with Gasteiger partial charge in [-0.2, -0.15) is 5.26 Å². The van der Waals surface area contributed by atoms with Crippen LogP contribution >= 0.6 is 0 Å². The second kappa shape index (κ2) is 4.93. The van der Waals surface area contributed by atoms with Crippen molar-refractivity contribution < 1.29 is 9.47 Å². The van der Waals surface area contributed by atoms with Gasteiger partial charge >= 0.3 is 0 Å². The van der Waals surface area contributed by atoms with Crippen molar-refractivity contribution in [1.29, 1.82) is 5.26 Å². The van der Waals surface area contributed by atoms with Crippen molar-refractivity contribution in [2.24, 2.45) is 5.41 Å². The summed E-state index contributed by atoms with van der Waals surface area (Å²) in [5, 5.41) is 8.98. The summed E-state index contributed by atoms with van der Waals surface area (Å²) in [5.74, 6) is -0.277. The number of hydrogen-bond donors (Lipinski definition) is 0. The molecule has 0 saturated carbocycles. The van der Waals surface area contributed by atoms with E-state index in [0.717, 1.165) is 52.1 Å². The monoisotopic (exact) mass is 238 g/mol. The Labute approximate surface area is 103 Å². The van der Waals surface area contributed by atoms with Crippen LogP contribution < -0.4 is 0 Å². The maximum Gasteiger partial charge on any atom is 0.170 e. The summed E-state index contributed by atoms with van der Waals surface area (Å²) in [5.41, 5.74) is -0.213. The number of nitriles is 1. The molecule has 0 aromatic carbocycles. The van der Waals surface area contributed by atoms with Gasteiger partial charge in [-0.25, -0.2) is 0 Å². The Bertz CT molecular complexity index is 293. The highest BCUT2D eigenvalue weighted by Gasteiger charge is 2.39. The first-order chi connectivity index (χ1) is 8.05. The standard InChI is InChI=1S/C13H22N2O2/c1-12(2,11-14)3-6-15-7-4-13(5-8-15)16-9-10-17-13/h3-10H2,1-2H3. The van der Waals surface area contributed by atoms with Crippen LogP contribution in [0.25, 0.3) is 0 Å². The highest BCUT2D eigenvalue weighted by atomic mass is 16.7. The molecule has 0 unspecified atom stereocenters. The lowest BCUT2D eigenvalue weighted by Gasteiger charge is -2.38. The van der Waals surface area contributed by atoms with Crippen LogP contribution in [-0.4, -0.2) is 43.5 Å². The van der Waals surface area contributed by atoms with Gasteiger partial charge in [-0.3, -0.25) is 0 Å². The zero-order valence-corrected chi connectivity index (χ0v) is 10.9. The SMILES string of the molecule is CC(C)(C#N)CCN1CCC2(CC1)OCCO2. The van der Waals surface area contributed by atoms with E-state index in [1.807, 2.05) is 13.8 Å². The lowest BCUT2D eigenvalue weighted by Crippen LogP contribution is -2.45. The summed E-state index contributed by atoms with van der Waals surface area (Å²) in [6.07, 6.45) is 2.85. The Kier molecular flexibility index (Phi) is 3.72. The van der Waals surface area contributed by atoms with Crippen molar-refractivity contribution >= 4 is 0 Å². The Morgan fingerprint density at radius 2 is 1.82 bits per heavy atom. The van der Waals surface area contributed by atoms with Crippen molar-refractivity contribution in [3.05, 3.63) is 0 Å². The molecule has 2 aliphatic heterocycles. The van der Waals surface area contributed by atoms with E-state index in [4.69, 9.17) is 14.7 Å². The quantitative estimate of drug-likeness (QED) is 0.751. The summed E-state index contributed by atoms with van der Waals surface area (Å²) in [4.78, 5) is 2.41. The third kappa shape index (κ3) is 3.19. The van der Waals surface area contributed by atoms with Crippen LogP contribution in [0.3, 0.4) is 0 Å². The van der Waals surface area contributed by atoms with Crippen molar-refractivity contribution in [2.75, 3.05) is 32.8 Å². The molecule has 96 valence electrons. The van der Waals surface area contributed by atoms with E-state index in [9.17, 15) is 0 Å². The molecule has 2 fully saturated rings. The number of rotatable bonds is 3. The van der Waals surface area contributed by atoms with Gasteiger partial charge in [0.1, 0.15) is 0 Å². The Balaban J connectivity index is 1.74. The second-order valence-corrected chi connectivity index (χ2v) is 5.69. The molecule has 0 bridgehead atoms. The van der Waals surface area contributed by atoms with E-state index in [-0.39, 0.29) is 11.2 Å². The molecule has 1 spiro atoms. The zero-order valence-electron chi connectivity index (χ0n) is 10.9. The summed E-state index contributed by atoms with van der Waals surface area (Å²) in [7, 11) is 0. The number of hydrogen-bond acceptors (Lipinski definition) is 4. The van der Waals surface area contributed by atoms with Crippen LogP contribution in [0.4, 0.5) is 0 Å². The fourth-order valence-electron chi connectivity index (χ4n) is 2.40. The smallest absolute Gasteiger partial charge is 0.170 e. The minimum atomic E-state index is -0.277. The largest absolute Gasteiger partial charge is 0.347 e. The molecule has 4 heteroatoms. The average molecular weight is 238 g/mol. The maximum absolute atomic E-state index is 8.98. The number of piperidine rings is 1. The summed E-state index contributed by atoms with van der Waals surface area (Å²) in [6.45, 7) is 8.51. The van der Waals surface area contributed by atoms with Gasteiger partial charge in [0, 0.05) is 25.9 Å². The first kappa shape index (κ1) is 12.8. The molecular formula is C13H22N2O2. The van der Waals surface area contributed by atoms with Gasteiger partial charge in [0.05, 0.1) is 24.7 Å². The Morgan fingerprint density at radius 1 is 1.24 bits per heavy atom. The van der Waals surface area contributed by atoms with Crippen molar-refractivity contribution in [2.45, 2.75) is 38.9 Å². The van der Waals surface area contributed by atoms with Crippen LogP contribution in [0, 0.1) is 16.7 Å². The number of ether oxygens (including phenoxy) is 2. The van der Waals surface area contributed by atoms with E-state index in [0.29, 0.717) is 0 Å². The predicted molar refractivity (Wildman–Crippen MR) is 64.3 cm³/mol. The van der Waals surface area contributed by atoms with Crippen LogP contribution in [0.15, 0.2) is 0 Å². The lowest BCUT2D eigenvalue weighted by atomic mass is 9.91. The molecule has 0 amide bonds. The van der Waals surface area contributed by atoms with E-state index >= 15 is 0 Å². The minimum absolute atomic E-state index is 0.213. The second-order valence-electron chi connectivity index (χ2n) is 5.69. The van der Waals surface area contributed by atoms with Crippen molar-refractivity contribution in [3.63, 3.8) is 0 Å². The molecule has 2 rings (SSSR count). The fourth-order valence-corrected chi connectivity index (χ4v) is 2.40. The van der Waals surface area contributed by atoms with Crippen LogP contribution in [0.1, 0.15) is 33.1 Å². The van der Waals surface area contributed by atoms with Gasteiger partial charge in [-0.05, 0) is 26.8 Å². The van der Waals surface area contributed by atoms with Crippen LogP contribution in [-0.2, 0) is 9.47 Å². The van der Waals surface area contributed by atoms with Gasteiger partial charge in [-0.1, -0.05) is 0 Å². The van der Waals surface area contributed by atoms with Gasteiger partial charge in [0.2, 0.25) is 0 Å². The molecule has 0 N–H and O–H groups in total. The molecule has 0 aromatic heterocycles. The molecule has 2 heterocycles. The van der Waals surface area contributed by atoms with E-state index < -0.39 is 0 Å². The highest BCUT2D eigenvalue weighted by molar-refractivity contribution is 4.92. The third-order valence-electron chi connectivity index (χ3n) is 3.79. The maximum atomic E-state index is 8.98. The summed E-state index contributed by atoms with van der Waals surface area (Å²) >= 11 is 0. The first-order valence-electron chi connectivity index (χ1n) is 6.47. The molecule has 0 aromatic rings. The first-order valence-corrected chi connectivity index (χ1v) is 6.47. The molecule has 2 saturated heterocycles. The highest BCUT2D eigenvalue weighted by Crippen LogP contribution is 2.31. The molecule has 0 radical (unpaired) electrons. The van der Waals surface area contributed by atoms with Crippen LogP contribution in [0.2, 0.25) is 0 Å². The van der Waals surface area contributed by atoms with Crippen molar-refractivity contribution in [1.82, 2.24) is 4.90 Å². The van der Waals surface area contributed by atoms with Crippen molar-refractivity contribution in [3.8, 4) is 6.07 Å². The van der Waals surface area contributed by atoms with E-state index in [1.54, 1.807) is 0 Å². The Hall–Kier alpha value is -0.630. The molecule has 0 aliphatic carbocycles. The van der Waals surface area contributed by atoms with Gasteiger partial charge in [0.15, 0.2) is 5.79 Å². The zero-order chi connectivity index (χ0) is 12.4. The average Bonchev–Trinajstić information content (AvgIpc) is 2.77. The van der Waals surface area contributed by atoms with Gasteiger partial charge < -0.3 is 14.4 Å². The summed E-state index contributed by atoms with van der Waals surface area (Å²) in [6, 6.07) is 2.35. The minimum Gasteiger partial charge on any atom is -0.347 e. The molecule has 4 nitrogen and oxygen atoms in total. The molecule has 17 heavy (non-hydrogen) atoms. The lowest BCUT2D eigenvalue weighted by molar-refractivity contribution is -0.185. The van der Waals surface area contributed by atoms with E-state index in [2.05, 4.69) is 11.0 Å². The van der Waals surface area contributed by atoms with Gasteiger partial charge in [-0.15, -0.1) is 0 Å². The normalized spacial score (nSPS) is 25.0. The fraction of sp³-hybridized carbons (Fsp3) is 0.923. The van der Waals surface area contributed by atoms with Gasteiger partial charge in [0.25, 0.3) is 0 Å².